The molecule has 1 atom stereocenters. The summed E-state index contributed by atoms with van der Waals surface area (Å²) in [6.45, 7) is 1.47. The number of aromatic nitrogens is 2. The molecule has 2 aromatic rings. The summed E-state index contributed by atoms with van der Waals surface area (Å²) in [6.07, 6.45) is 9.04. The summed E-state index contributed by atoms with van der Waals surface area (Å²) in [5.41, 5.74) is 4.80. The minimum atomic E-state index is -0.0500. The summed E-state index contributed by atoms with van der Waals surface area (Å²) >= 11 is 1.21. The predicted octanol–water partition coefficient (Wildman–Crippen LogP) is 1.77. The van der Waals surface area contributed by atoms with Crippen LogP contribution in [0, 0.1) is 0 Å². The zero-order valence-electron chi connectivity index (χ0n) is 13.3. The largest absolute Gasteiger partial charge is 0.319 e. The van der Waals surface area contributed by atoms with Crippen LogP contribution in [0.15, 0.2) is 35.5 Å². The third kappa shape index (κ3) is 3.01. The smallest absolute Gasteiger partial charge is 0.304 e. The van der Waals surface area contributed by atoms with Crippen LogP contribution in [0.1, 0.15) is 42.0 Å². The fourth-order valence-electron chi connectivity index (χ4n) is 3.41. The number of thiazole rings is 1. The maximum Gasteiger partial charge on any atom is 0.304 e. The Morgan fingerprint density at radius 3 is 2.75 bits per heavy atom. The summed E-state index contributed by atoms with van der Waals surface area (Å²) in [5, 5.41) is 1.76. The molecule has 1 aliphatic carbocycles. The third-order valence-corrected chi connectivity index (χ3v) is 6.11. The lowest BCUT2D eigenvalue weighted by Gasteiger charge is -2.32. The summed E-state index contributed by atoms with van der Waals surface area (Å²) < 4.78 is 0. The Hall–Kier alpha value is -1.99. The van der Waals surface area contributed by atoms with Crippen molar-refractivity contribution in [2.24, 2.45) is 0 Å². The summed E-state index contributed by atoms with van der Waals surface area (Å²) in [4.78, 5) is 31.4. The van der Waals surface area contributed by atoms with E-state index in [4.69, 9.17) is 0 Å². The molecule has 2 N–H and O–H groups in total. The number of aromatic amines is 1. The molecule has 3 heterocycles. The molecule has 1 saturated carbocycles. The number of H-pyrrole nitrogens is 1. The summed E-state index contributed by atoms with van der Waals surface area (Å²) in [5.74, 6) is 0.271. The Kier molecular flexibility index (Phi) is 3.97. The molecule has 2 aliphatic rings. The van der Waals surface area contributed by atoms with Crippen LogP contribution in [0.5, 0.6) is 0 Å². The van der Waals surface area contributed by atoms with E-state index in [0.717, 1.165) is 30.7 Å². The molecule has 2 aromatic heterocycles. The number of rotatable bonds is 5. The predicted molar refractivity (Wildman–Crippen MR) is 91.8 cm³/mol. The molecule has 1 aliphatic heterocycles. The number of carbonyl (C=O) groups excluding carboxylic acids is 1. The third-order valence-electron chi connectivity index (χ3n) is 5.12. The molecule has 126 valence electrons. The first-order valence-corrected chi connectivity index (χ1v) is 9.11. The molecule has 1 saturated heterocycles. The van der Waals surface area contributed by atoms with Crippen LogP contribution in [0.3, 0.4) is 0 Å². The monoisotopic (exact) mass is 344 g/mol. The van der Waals surface area contributed by atoms with Crippen LogP contribution < -0.4 is 10.3 Å². The normalized spacial score (nSPS) is 22.6. The highest BCUT2D eigenvalue weighted by atomic mass is 32.1. The van der Waals surface area contributed by atoms with Gasteiger partial charge in [-0.3, -0.25) is 19.6 Å². The lowest BCUT2D eigenvalue weighted by molar-refractivity contribution is -0.137. The van der Waals surface area contributed by atoms with Gasteiger partial charge in [-0.2, -0.15) is 0 Å². The number of nitrogens with one attached hydrogen (secondary N) is 2. The number of hydrogen-bond acceptors (Lipinski definition) is 5. The molecule has 1 unspecified atom stereocenters. The van der Waals surface area contributed by atoms with E-state index in [2.05, 4.69) is 27.5 Å². The molecular weight excluding hydrogens is 324 g/mol. The Morgan fingerprint density at radius 2 is 2.12 bits per heavy atom. The first-order valence-electron chi connectivity index (χ1n) is 8.29. The molecule has 24 heavy (non-hydrogen) atoms. The highest BCUT2D eigenvalue weighted by molar-refractivity contribution is 7.09. The second-order valence-corrected chi connectivity index (χ2v) is 7.71. The van der Waals surface area contributed by atoms with Gasteiger partial charge in [0.05, 0.1) is 0 Å². The van der Waals surface area contributed by atoms with E-state index in [1.165, 1.54) is 16.9 Å². The maximum atomic E-state index is 12.4. The number of carbonyl (C=O) groups is 1. The van der Waals surface area contributed by atoms with Crippen LogP contribution in [0.2, 0.25) is 0 Å². The van der Waals surface area contributed by atoms with Crippen molar-refractivity contribution < 1.29 is 4.79 Å². The minimum absolute atomic E-state index is 0.0500. The number of pyridine rings is 1. The Morgan fingerprint density at radius 1 is 1.33 bits per heavy atom. The highest BCUT2D eigenvalue weighted by Gasteiger charge is 2.44. The fraction of sp³-hybridized carbons (Fsp3) is 0.471. The van der Waals surface area contributed by atoms with Crippen molar-refractivity contribution in [3.63, 3.8) is 0 Å². The fourth-order valence-corrected chi connectivity index (χ4v) is 4.23. The SMILES string of the molecule is O=C1CC(c2c[nH]c(=O)s2)CCN1NCC1(c2ccncc2)CC1. The van der Waals surface area contributed by atoms with Gasteiger partial charge in [-0.15, -0.1) is 0 Å². The standard InChI is InChI=1S/C17H20N4O2S/c22-15-9-12(14-10-19-16(23)24-14)3-8-21(15)20-11-17(4-5-17)13-1-6-18-7-2-13/h1-2,6-7,10,12,20H,3-5,8-9,11H2,(H,19,23). The van der Waals surface area contributed by atoms with E-state index in [-0.39, 0.29) is 22.1 Å². The van der Waals surface area contributed by atoms with Gasteiger partial charge in [-0.05, 0) is 37.0 Å². The lowest BCUT2D eigenvalue weighted by Crippen LogP contribution is -2.49. The number of hydrogen-bond donors (Lipinski definition) is 2. The first kappa shape index (κ1) is 15.5. The quantitative estimate of drug-likeness (QED) is 0.867. The van der Waals surface area contributed by atoms with Crippen molar-refractivity contribution in [1.29, 1.82) is 0 Å². The van der Waals surface area contributed by atoms with E-state index in [9.17, 15) is 9.59 Å². The molecule has 0 radical (unpaired) electrons. The summed E-state index contributed by atoms with van der Waals surface area (Å²) in [6, 6.07) is 4.13. The van der Waals surface area contributed by atoms with Crippen molar-refractivity contribution >= 4 is 17.2 Å². The van der Waals surface area contributed by atoms with Gasteiger partial charge in [-0.1, -0.05) is 11.3 Å². The Labute approximate surface area is 143 Å². The van der Waals surface area contributed by atoms with Gasteiger partial charge < -0.3 is 4.98 Å². The summed E-state index contributed by atoms with van der Waals surface area (Å²) in [7, 11) is 0. The topological polar surface area (TPSA) is 78.1 Å². The van der Waals surface area contributed by atoms with Crippen molar-refractivity contribution in [3.05, 3.63) is 50.8 Å². The van der Waals surface area contributed by atoms with Gasteiger partial charge in [0.25, 0.3) is 0 Å². The molecule has 1 amide bonds. The van der Waals surface area contributed by atoms with Gasteiger partial charge in [0.1, 0.15) is 0 Å². The van der Waals surface area contributed by atoms with E-state index in [0.29, 0.717) is 13.0 Å². The van der Waals surface area contributed by atoms with Crippen LogP contribution in [-0.4, -0.2) is 34.0 Å². The molecule has 4 rings (SSSR count). The Bertz CT molecular complexity index is 781. The highest BCUT2D eigenvalue weighted by Crippen LogP contribution is 2.47. The molecule has 0 aromatic carbocycles. The maximum absolute atomic E-state index is 12.4. The van der Waals surface area contributed by atoms with Crippen LogP contribution in [-0.2, 0) is 10.2 Å². The second kappa shape index (κ2) is 6.14. The molecular formula is C17H20N4O2S. The zero-order valence-corrected chi connectivity index (χ0v) is 14.1. The van der Waals surface area contributed by atoms with Gasteiger partial charge >= 0.3 is 4.87 Å². The molecule has 0 spiro atoms. The molecule has 2 fully saturated rings. The van der Waals surface area contributed by atoms with Crippen molar-refractivity contribution in [2.45, 2.75) is 37.0 Å². The first-order chi connectivity index (χ1) is 11.7. The van der Waals surface area contributed by atoms with Crippen LogP contribution in [0.4, 0.5) is 0 Å². The number of piperidine rings is 1. The van der Waals surface area contributed by atoms with Crippen molar-refractivity contribution in [3.8, 4) is 0 Å². The van der Waals surface area contributed by atoms with Gasteiger partial charge in [0.2, 0.25) is 5.91 Å². The van der Waals surface area contributed by atoms with Crippen LogP contribution >= 0.6 is 11.3 Å². The number of nitrogens with zero attached hydrogens (tertiary/aromatic N) is 2. The lowest BCUT2D eigenvalue weighted by atomic mass is 9.95. The van der Waals surface area contributed by atoms with E-state index < -0.39 is 0 Å². The zero-order chi connectivity index (χ0) is 16.6. The molecule has 7 heteroatoms. The average Bonchev–Trinajstić information content (AvgIpc) is 3.28. The van der Waals surface area contributed by atoms with E-state index >= 15 is 0 Å². The van der Waals surface area contributed by atoms with Crippen molar-refractivity contribution in [1.82, 2.24) is 20.4 Å². The van der Waals surface area contributed by atoms with E-state index in [1.807, 2.05) is 12.4 Å². The second-order valence-electron chi connectivity index (χ2n) is 6.67. The van der Waals surface area contributed by atoms with Crippen molar-refractivity contribution in [2.75, 3.05) is 13.1 Å². The number of hydrazine groups is 1. The Balaban J connectivity index is 1.35. The van der Waals surface area contributed by atoms with Gasteiger partial charge in [0.15, 0.2) is 0 Å². The molecule has 0 bridgehead atoms. The number of amides is 1. The van der Waals surface area contributed by atoms with Gasteiger partial charge in [-0.25, -0.2) is 5.43 Å². The van der Waals surface area contributed by atoms with E-state index in [1.54, 1.807) is 11.2 Å². The van der Waals surface area contributed by atoms with Crippen LogP contribution in [0.25, 0.3) is 0 Å². The average molecular weight is 344 g/mol. The van der Waals surface area contributed by atoms with Gasteiger partial charge in [0, 0.05) is 54.3 Å². The minimum Gasteiger partial charge on any atom is -0.319 e. The molecule has 6 nitrogen and oxygen atoms in total.